The van der Waals surface area contributed by atoms with Crippen molar-refractivity contribution in [2.75, 3.05) is 32.7 Å². The van der Waals surface area contributed by atoms with E-state index in [1.54, 1.807) is 6.92 Å². The number of carbonyl (C=O) groups excluding carboxylic acids is 1. The number of benzene rings is 1. The van der Waals surface area contributed by atoms with Gasteiger partial charge in [0.05, 0.1) is 5.69 Å². The summed E-state index contributed by atoms with van der Waals surface area (Å²) < 4.78 is 27.0. The van der Waals surface area contributed by atoms with E-state index in [0.29, 0.717) is 27.7 Å². The summed E-state index contributed by atoms with van der Waals surface area (Å²) in [7, 11) is 0. The van der Waals surface area contributed by atoms with Crippen molar-refractivity contribution < 1.29 is 13.6 Å². The van der Waals surface area contributed by atoms with Gasteiger partial charge in [0.1, 0.15) is 21.5 Å². The van der Waals surface area contributed by atoms with Gasteiger partial charge in [0, 0.05) is 31.3 Å². The monoisotopic (exact) mass is 393 g/mol. The van der Waals surface area contributed by atoms with Crippen LogP contribution in [-0.4, -0.2) is 53.4 Å². The average molecular weight is 394 g/mol. The number of aromatic nitrogens is 1. The van der Waals surface area contributed by atoms with Crippen LogP contribution in [0.5, 0.6) is 0 Å². The average Bonchev–Trinajstić information content (AvgIpc) is 2.86. The van der Waals surface area contributed by atoms with Crippen LogP contribution in [0.4, 0.5) is 8.78 Å². The van der Waals surface area contributed by atoms with Gasteiger partial charge in [0.25, 0.3) is 5.91 Å². The molecule has 0 atom stereocenters. The number of unbranched alkanes of at least 4 members (excludes halogenated alkanes) is 1. The van der Waals surface area contributed by atoms with E-state index in [9.17, 15) is 13.6 Å². The number of hydrogen-bond donors (Lipinski definition) is 0. The fourth-order valence-electron chi connectivity index (χ4n) is 3.32. The summed E-state index contributed by atoms with van der Waals surface area (Å²) in [6.45, 7) is 8.35. The van der Waals surface area contributed by atoms with Crippen molar-refractivity contribution in [3.8, 4) is 10.6 Å². The molecule has 0 N–H and O–H groups in total. The standard InChI is InChI=1S/C20H25F2N3OS/c1-3-4-6-24-7-5-8-25(10-9-24)20(26)18-14(2)23-19(27-18)15-11-16(21)13-17(22)12-15/h11-13H,3-10H2,1-2H3. The Morgan fingerprint density at radius 2 is 1.89 bits per heavy atom. The molecule has 2 aromatic rings. The molecule has 0 saturated carbocycles. The maximum absolute atomic E-state index is 13.5. The van der Waals surface area contributed by atoms with Gasteiger partial charge in [-0.1, -0.05) is 13.3 Å². The van der Waals surface area contributed by atoms with Crippen molar-refractivity contribution in [1.29, 1.82) is 0 Å². The Bertz CT molecular complexity index is 788. The highest BCUT2D eigenvalue weighted by molar-refractivity contribution is 7.17. The highest BCUT2D eigenvalue weighted by Gasteiger charge is 2.24. The topological polar surface area (TPSA) is 36.4 Å². The van der Waals surface area contributed by atoms with E-state index < -0.39 is 11.6 Å². The number of rotatable bonds is 5. The second kappa shape index (κ2) is 8.89. The first-order chi connectivity index (χ1) is 13.0. The van der Waals surface area contributed by atoms with Crippen LogP contribution in [0.15, 0.2) is 18.2 Å². The first kappa shape index (κ1) is 19.9. The van der Waals surface area contributed by atoms with E-state index in [1.165, 1.54) is 36.3 Å². The molecule has 3 rings (SSSR count). The molecular formula is C20H25F2N3OS. The van der Waals surface area contributed by atoms with Gasteiger partial charge in [-0.15, -0.1) is 11.3 Å². The van der Waals surface area contributed by atoms with Gasteiger partial charge < -0.3 is 9.80 Å². The smallest absolute Gasteiger partial charge is 0.265 e. The maximum atomic E-state index is 13.5. The fraction of sp³-hybridized carbons (Fsp3) is 0.500. The molecule has 0 radical (unpaired) electrons. The Labute approximate surface area is 162 Å². The summed E-state index contributed by atoms with van der Waals surface area (Å²) in [5, 5.41) is 0.466. The summed E-state index contributed by atoms with van der Waals surface area (Å²) in [5.41, 5.74) is 0.970. The van der Waals surface area contributed by atoms with Crippen molar-refractivity contribution in [1.82, 2.24) is 14.8 Å². The predicted molar refractivity (Wildman–Crippen MR) is 104 cm³/mol. The van der Waals surface area contributed by atoms with Crippen LogP contribution in [0.1, 0.15) is 41.6 Å². The third-order valence-corrected chi connectivity index (χ3v) is 6.00. The van der Waals surface area contributed by atoms with Crippen LogP contribution in [0.2, 0.25) is 0 Å². The van der Waals surface area contributed by atoms with E-state index in [0.717, 1.165) is 38.7 Å². The molecule has 0 bridgehead atoms. The van der Waals surface area contributed by atoms with Gasteiger partial charge in [-0.05, 0) is 45.0 Å². The van der Waals surface area contributed by atoms with Crippen LogP contribution in [-0.2, 0) is 0 Å². The van der Waals surface area contributed by atoms with Gasteiger partial charge in [-0.2, -0.15) is 0 Å². The summed E-state index contributed by atoms with van der Waals surface area (Å²) >= 11 is 1.20. The molecule has 1 aliphatic rings. The molecule has 1 aromatic carbocycles. The second-order valence-electron chi connectivity index (χ2n) is 6.93. The molecule has 7 heteroatoms. The molecule has 0 spiro atoms. The van der Waals surface area contributed by atoms with Gasteiger partial charge in [0.15, 0.2) is 0 Å². The van der Waals surface area contributed by atoms with Gasteiger partial charge in [-0.25, -0.2) is 13.8 Å². The number of carbonyl (C=O) groups is 1. The number of halogens is 2. The van der Waals surface area contributed by atoms with Gasteiger partial charge >= 0.3 is 0 Å². The summed E-state index contributed by atoms with van der Waals surface area (Å²) in [6.07, 6.45) is 3.30. The molecule has 1 aliphatic heterocycles. The molecular weight excluding hydrogens is 368 g/mol. The maximum Gasteiger partial charge on any atom is 0.265 e. The van der Waals surface area contributed by atoms with E-state index in [-0.39, 0.29) is 5.91 Å². The molecule has 4 nitrogen and oxygen atoms in total. The Morgan fingerprint density at radius 1 is 1.15 bits per heavy atom. The second-order valence-corrected chi connectivity index (χ2v) is 7.93. The Kier molecular flexibility index (Phi) is 6.55. The molecule has 2 heterocycles. The van der Waals surface area contributed by atoms with Gasteiger partial charge in [0.2, 0.25) is 0 Å². The molecule has 0 aliphatic carbocycles. The summed E-state index contributed by atoms with van der Waals surface area (Å²) in [5.74, 6) is -1.33. The minimum absolute atomic E-state index is 0.0366. The number of amides is 1. The van der Waals surface area contributed by atoms with Crippen molar-refractivity contribution in [3.63, 3.8) is 0 Å². The van der Waals surface area contributed by atoms with E-state index in [1.807, 2.05) is 4.90 Å². The molecule has 1 aromatic heterocycles. The molecule has 1 amide bonds. The normalized spacial score (nSPS) is 15.8. The molecule has 1 fully saturated rings. The van der Waals surface area contributed by atoms with Crippen molar-refractivity contribution >= 4 is 17.2 Å². The Balaban J connectivity index is 1.74. The number of aryl methyl sites for hydroxylation is 1. The van der Waals surface area contributed by atoms with E-state index in [2.05, 4.69) is 16.8 Å². The molecule has 146 valence electrons. The summed E-state index contributed by atoms with van der Waals surface area (Å²) in [4.78, 5) is 22.2. The lowest BCUT2D eigenvalue weighted by molar-refractivity contribution is 0.0765. The molecule has 1 saturated heterocycles. The predicted octanol–water partition coefficient (Wildman–Crippen LogP) is 4.34. The Morgan fingerprint density at radius 3 is 2.59 bits per heavy atom. The van der Waals surface area contributed by atoms with E-state index in [4.69, 9.17) is 0 Å². The molecule has 0 unspecified atom stereocenters. The third-order valence-electron chi connectivity index (χ3n) is 4.80. The highest BCUT2D eigenvalue weighted by Crippen LogP contribution is 2.30. The molecule has 27 heavy (non-hydrogen) atoms. The highest BCUT2D eigenvalue weighted by atomic mass is 32.1. The van der Waals surface area contributed by atoms with Crippen LogP contribution in [0, 0.1) is 18.6 Å². The zero-order valence-corrected chi connectivity index (χ0v) is 16.6. The lowest BCUT2D eigenvalue weighted by atomic mass is 10.2. The SMILES string of the molecule is CCCCN1CCCN(C(=O)c2sc(-c3cc(F)cc(F)c3)nc2C)CC1. The van der Waals surface area contributed by atoms with Crippen LogP contribution < -0.4 is 0 Å². The third kappa shape index (κ3) is 4.90. The quantitative estimate of drug-likeness (QED) is 0.758. The number of nitrogens with zero attached hydrogens (tertiary/aromatic N) is 3. The zero-order valence-electron chi connectivity index (χ0n) is 15.8. The lowest BCUT2D eigenvalue weighted by Gasteiger charge is -2.21. The minimum atomic E-state index is -0.648. The zero-order chi connectivity index (χ0) is 19.4. The van der Waals surface area contributed by atoms with Crippen LogP contribution >= 0.6 is 11.3 Å². The summed E-state index contributed by atoms with van der Waals surface area (Å²) in [6, 6.07) is 3.32. The number of hydrogen-bond acceptors (Lipinski definition) is 4. The van der Waals surface area contributed by atoms with Crippen LogP contribution in [0.25, 0.3) is 10.6 Å². The fourth-order valence-corrected chi connectivity index (χ4v) is 4.34. The Hall–Kier alpha value is -1.86. The van der Waals surface area contributed by atoms with Crippen molar-refractivity contribution in [3.05, 3.63) is 40.4 Å². The largest absolute Gasteiger partial charge is 0.337 e. The van der Waals surface area contributed by atoms with Crippen molar-refractivity contribution in [2.45, 2.75) is 33.1 Å². The van der Waals surface area contributed by atoms with E-state index >= 15 is 0 Å². The first-order valence-electron chi connectivity index (χ1n) is 9.43. The lowest BCUT2D eigenvalue weighted by Crippen LogP contribution is -2.35. The number of thiazole rings is 1. The van der Waals surface area contributed by atoms with Crippen LogP contribution in [0.3, 0.4) is 0 Å². The minimum Gasteiger partial charge on any atom is -0.337 e. The first-order valence-corrected chi connectivity index (χ1v) is 10.2. The van der Waals surface area contributed by atoms with Crippen molar-refractivity contribution in [2.24, 2.45) is 0 Å². The van der Waals surface area contributed by atoms with Gasteiger partial charge in [-0.3, -0.25) is 4.79 Å².